The predicted molar refractivity (Wildman–Crippen MR) is 86.5 cm³/mol. The normalized spacial score (nSPS) is 13.6. The Morgan fingerprint density at radius 2 is 2.00 bits per heavy atom. The zero-order valence-corrected chi connectivity index (χ0v) is 13.5. The second kappa shape index (κ2) is 6.40. The molecule has 114 valence electrons. The largest absolute Gasteiger partial charge is 0.507 e. The van der Waals surface area contributed by atoms with Gasteiger partial charge in [-0.15, -0.1) is 0 Å². The summed E-state index contributed by atoms with van der Waals surface area (Å²) in [4.78, 5) is 13.9. The number of ether oxygens (including phenoxy) is 1. The maximum absolute atomic E-state index is 12.2. The quantitative estimate of drug-likeness (QED) is 0.883. The van der Waals surface area contributed by atoms with E-state index in [1.54, 1.807) is 11.0 Å². The molecule has 2 aromatic carbocycles. The van der Waals surface area contributed by atoms with Gasteiger partial charge in [-0.25, -0.2) is 4.79 Å². The number of amides is 1. The van der Waals surface area contributed by atoms with Crippen LogP contribution in [0.25, 0.3) is 0 Å². The second-order valence-corrected chi connectivity index (χ2v) is 6.14. The van der Waals surface area contributed by atoms with Gasteiger partial charge in [-0.2, -0.15) is 0 Å². The molecule has 22 heavy (non-hydrogen) atoms. The molecule has 0 aromatic heterocycles. The van der Waals surface area contributed by atoms with Gasteiger partial charge in [-0.1, -0.05) is 30.3 Å². The van der Waals surface area contributed by atoms with E-state index in [1.165, 1.54) is 0 Å². The van der Waals surface area contributed by atoms with Gasteiger partial charge in [0, 0.05) is 13.1 Å². The zero-order valence-electron chi connectivity index (χ0n) is 12.0. The number of phenols is 1. The lowest BCUT2D eigenvalue weighted by molar-refractivity contribution is 0.0918. The molecule has 1 aliphatic rings. The maximum Gasteiger partial charge on any atom is 0.410 e. The lowest BCUT2D eigenvalue weighted by Gasteiger charge is -2.28. The molecule has 0 radical (unpaired) electrons. The van der Waals surface area contributed by atoms with E-state index in [0.717, 1.165) is 23.1 Å². The molecule has 5 heteroatoms. The van der Waals surface area contributed by atoms with E-state index in [-0.39, 0.29) is 18.4 Å². The second-order valence-electron chi connectivity index (χ2n) is 5.28. The number of fused-ring (bicyclic) bond motifs is 1. The van der Waals surface area contributed by atoms with Gasteiger partial charge in [0.2, 0.25) is 0 Å². The Morgan fingerprint density at radius 3 is 2.77 bits per heavy atom. The summed E-state index contributed by atoms with van der Waals surface area (Å²) in [5.74, 6) is 0.235. The Labute approximate surface area is 137 Å². The maximum atomic E-state index is 12.2. The number of nitrogens with zero attached hydrogens (tertiary/aromatic N) is 1. The number of hydrogen-bond acceptors (Lipinski definition) is 3. The predicted octanol–water partition coefficient (Wildman–Crippen LogP) is 3.85. The van der Waals surface area contributed by atoms with Crippen LogP contribution in [0.2, 0.25) is 0 Å². The van der Waals surface area contributed by atoms with Gasteiger partial charge in [0.25, 0.3) is 0 Å². The number of phenolic OH excluding ortho intramolecular Hbond substituents is 1. The van der Waals surface area contributed by atoms with Crippen LogP contribution in [0.5, 0.6) is 5.75 Å². The van der Waals surface area contributed by atoms with Gasteiger partial charge in [0.15, 0.2) is 0 Å². The van der Waals surface area contributed by atoms with Crippen LogP contribution in [0.1, 0.15) is 16.7 Å². The number of aromatic hydroxyl groups is 1. The van der Waals surface area contributed by atoms with Gasteiger partial charge < -0.3 is 14.7 Å². The van der Waals surface area contributed by atoms with E-state index in [2.05, 4.69) is 15.9 Å². The first-order chi connectivity index (χ1) is 10.6. The molecule has 0 fully saturated rings. The number of halogens is 1. The van der Waals surface area contributed by atoms with Crippen LogP contribution >= 0.6 is 15.9 Å². The highest BCUT2D eigenvalue weighted by Crippen LogP contribution is 2.30. The van der Waals surface area contributed by atoms with Gasteiger partial charge in [0.05, 0.1) is 4.47 Å². The van der Waals surface area contributed by atoms with Crippen LogP contribution in [0.15, 0.2) is 46.9 Å². The van der Waals surface area contributed by atoms with Crippen molar-refractivity contribution in [2.45, 2.75) is 19.6 Å². The molecule has 4 nitrogen and oxygen atoms in total. The minimum Gasteiger partial charge on any atom is -0.507 e. The lowest BCUT2D eigenvalue weighted by Crippen LogP contribution is -2.36. The fourth-order valence-electron chi connectivity index (χ4n) is 2.53. The highest BCUT2D eigenvalue weighted by molar-refractivity contribution is 9.10. The Bertz CT molecular complexity index is 688. The Morgan fingerprint density at radius 1 is 1.23 bits per heavy atom. The molecule has 0 saturated heterocycles. The highest BCUT2D eigenvalue weighted by Gasteiger charge is 2.22. The monoisotopic (exact) mass is 361 g/mol. The van der Waals surface area contributed by atoms with Gasteiger partial charge in [-0.3, -0.25) is 0 Å². The number of benzene rings is 2. The SMILES string of the molecule is O=C(OCc1ccccc1)N1CCc2cc(O)c(Br)cc2C1. The van der Waals surface area contributed by atoms with Crippen LogP contribution < -0.4 is 0 Å². The third-order valence-electron chi connectivity index (χ3n) is 3.74. The molecule has 1 amide bonds. The third-order valence-corrected chi connectivity index (χ3v) is 4.38. The summed E-state index contributed by atoms with van der Waals surface area (Å²) < 4.78 is 6.01. The van der Waals surface area contributed by atoms with Crippen LogP contribution in [-0.4, -0.2) is 22.6 Å². The zero-order chi connectivity index (χ0) is 15.5. The minimum atomic E-state index is -0.307. The summed E-state index contributed by atoms with van der Waals surface area (Å²) in [5.41, 5.74) is 3.08. The fourth-order valence-corrected chi connectivity index (χ4v) is 2.92. The molecule has 1 heterocycles. The average molecular weight is 362 g/mol. The first-order valence-electron chi connectivity index (χ1n) is 7.09. The molecule has 2 aromatic rings. The van der Waals surface area contributed by atoms with Crippen LogP contribution in [0.3, 0.4) is 0 Å². The molecule has 0 bridgehead atoms. The lowest BCUT2D eigenvalue weighted by atomic mass is 10.00. The first-order valence-corrected chi connectivity index (χ1v) is 7.88. The summed E-state index contributed by atoms with van der Waals surface area (Å²) in [5, 5.41) is 9.71. The van der Waals surface area contributed by atoms with Crippen molar-refractivity contribution in [1.29, 1.82) is 0 Å². The van der Waals surface area contributed by atoms with E-state index in [1.807, 2.05) is 36.4 Å². The van der Waals surface area contributed by atoms with Crippen molar-refractivity contribution in [2.24, 2.45) is 0 Å². The van der Waals surface area contributed by atoms with Crippen molar-refractivity contribution in [2.75, 3.05) is 6.54 Å². The van der Waals surface area contributed by atoms with Crippen LogP contribution in [-0.2, 0) is 24.3 Å². The topological polar surface area (TPSA) is 49.8 Å². The summed E-state index contributed by atoms with van der Waals surface area (Å²) in [7, 11) is 0. The van der Waals surface area contributed by atoms with Crippen molar-refractivity contribution < 1.29 is 14.6 Å². The van der Waals surface area contributed by atoms with Crippen molar-refractivity contribution in [3.05, 3.63) is 63.6 Å². The highest BCUT2D eigenvalue weighted by atomic mass is 79.9. The Kier molecular flexibility index (Phi) is 4.34. The van der Waals surface area contributed by atoms with E-state index in [9.17, 15) is 9.90 Å². The molecule has 1 N–H and O–H groups in total. The van der Waals surface area contributed by atoms with Crippen LogP contribution in [0.4, 0.5) is 4.79 Å². The Hall–Kier alpha value is -2.01. The molecule has 0 atom stereocenters. The number of rotatable bonds is 2. The Balaban J connectivity index is 1.64. The molecule has 0 saturated carbocycles. The van der Waals surface area contributed by atoms with Crippen molar-refractivity contribution in [3.63, 3.8) is 0 Å². The molecular formula is C17H16BrNO3. The van der Waals surface area contributed by atoms with Crippen molar-refractivity contribution in [3.8, 4) is 5.75 Å². The third kappa shape index (κ3) is 3.25. The van der Waals surface area contributed by atoms with E-state index >= 15 is 0 Å². The smallest absolute Gasteiger partial charge is 0.410 e. The van der Waals surface area contributed by atoms with Gasteiger partial charge in [0.1, 0.15) is 12.4 Å². The molecular weight excluding hydrogens is 346 g/mol. The molecule has 0 unspecified atom stereocenters. The summed E-state index contributed by atoms with van der Waals surface area (Å²) in [6, 6.07) is 13.2. The number of hydrogen-bond donors (Lipinski definition) is 1. The van der Waals surface area contributed by atoms with Gasteiger partial charge in [-0.05, 0) is 51.2 Å². The summed E-state index contributed by atoms with van der Waals surface area (Å²) >= 11 is 3.31. The molecule has 0 spiro atoms. The number of carbonyl (C=O) groups excluding carboxylic acids is 1. The van der Waals surface area contributed by atoms with Crippen LogP contribution in [0, 0.1) is 0 Å². The minimum absolute atomic E-state index is 0.235. The van der Waals surface area contributed by atoms with Gasteiger partial charge >= 0.3 is 6.09 Å². The molecule has 0 aliphatic carbocycles. The summed E-state index contributed by atoms with van der Waals surface area (Å²) in [6.45, 7) is 1.38. The number of carbonyl (C=O) groups is 1. The van der Waals surface area contributed by atoms with E-state index in [4.69, 9.17) is 4.74 Å². The average Bonchev–Trinajstić information content (AvgIpc) is 2.54. The molecule has 1 aliphatic heterocycles. The van der Waals surface area contributed by atoms with Crippen molar-refractivity contribution in [1.82, 2.24) is 4.90 Å². The summed E-state index contributed by atoms with van der Waals surface area (Å²) in [6.07, 6.45) is 0.412. The standard InChI is InChI=1S/C17H16BrNO3/c18-15-8-14-10-19(7-6-13(14)9-16(15)20)17(21)22-11-12-4-2-1-3-5-12/h1-5,8-9,20H,6-7,10-11H2. The molecule has 3 rings (SSSR count). The van der Waals surface area contributed by atoms with Crippen molar-refractivity contribution >= 4 is 22.0 Å². The first kappa shape index (κ1) is 14.9. The van der Waals surface area contributed by atoms with E-state index < -0.39 is 0 Å². The van der Waals surface area contributed by atoms with E-state index in [0.29, 0.717) is 17.6 Å². The fraction of sp³-hybridized carbons (Fsp3) is 0.235.